The second kappa shape index (κ2) is 9.31. The van der Waals surface area contributed by atoms with E-state index in [2.05, 4.69) is 0 Å². The largest absolute Gasteiger partial charge is 0.497 e. The average molecular weight is 442 g/mol. The van der Waals surface area contributed by atoms with Crippen molar-refractivity contribution in [3.05, 3.63) is 77.9 Å². The number of rotatable bonds is 8. The van der Waals surface area contributed by atoms with Gasteiger partial charge >= 0.3 is 0 Å². The van der Waals surface area contributed by atoms with Crippen LogP contribution in [0.15, 0.2) is 71.6 Å². The summed E-state index contributed by atoms with van der Waals surface area (Å²) in [6.07, 6.45) is 0. The summed E-state index contributed by atoms with van der Waals surface area (Å²) in [5.74, 6) is 1.62. The van der Waals surface area contributed by atoms with E-state index in [-0.39, 0.29) is 4.90 Å². The number of methoxy groups -OCH3 is 3. The molecule has 0 heterocycles. The van der Waals surface area contributed by atoms with Gasteiger partial charge in [0.05, 0.1) is 38.0 Å². The van der Waals surface area contributed by atoms with E-state index in [9.17, 15) is 8.42 Å². The molecule has 0 saturated heterocycles. The predicted molar refractivity (Wildman–Crippen MR) is 122 cm³/mol. The number of hydrogen-bond acceptors (Lipinski definition) is 5. The van der Waals surface area contributed by atoms with E-state index in [1.165, 1.54) is 18.5 Å². The first-order chi connectivity index (χ1) is 14.8. The molecular weight excluding hydrogens is 414 g/mol. The molecule has 31 heavy (non-hydrogen) atoms. The van der Waals surface area contributed by atoms with Crippen LogP contribution in [0.4, 0.5) is 5.69 Å². The molecule has 0 spiro atoms. The fourth-order valence-electron chi connectivity index (χ4n) is 3.39. The molecule has 3 aromatic carbocycles. The van der Waals surface area contributed by atoms with Crippen molar-refractivity contribution in [1.29, 1.82) is 0 Å². The van der Waals surface area contributed by atoms with Crippen molar-refractivity contribution in [3.8, 4) is 17.2 Å². The van der Waals surface area contributed by atoms with Crippen molar-refractivity contribution < 1.29 is 22.6 Å². The van der Waals surface area contributed by atoms with Gasteiger partial charge in [-0.05, 0) is 55.8 Å². The van der Waals surface area contributed by atoms with Gasteiger partial charge in [0.1, 0.15) is 5.75 Å². The van der Waals surface area contributed by atoms with Crippen molar-refractivity contribution >= 4 is 15.7 Å². The van der Waals surface area contributed by atoms with Gasteiger partial charge in [0.2, 0.25) is 0 Å². The lowest BCUT2D eigenvalue weighted by atomic mass is 10.1. The highest BCUT2D eigenvalue weighted by molar-refractivity contribution is 7.92. The third-order valence-corrected chi connectivity index (χ3v) is 7.04. The van der Waals surface area contributed by atoms with Crippen molar-refractivity contribution in [2.75, 3.05) is 25.6 Å². The first-order valence-electron chi connectivity index (χ1n) is 9.79. The molecule has 0 aliphatic rings. The van der Waals surface area contributed by atoms with Gasteiger partial charge in [0.25, 0.3) is 10.0 Å². The van der Waals surface area contributed by atoms with Gasteiger partial charge in [-0.15, -0.1) is 0 Å². The Morgan fingerprint density at radius 1 is 0.806 bits per heavy atom. The number of anilines is 1. The van der Waals surface area contributed by atoms with Crippen LogP contribution in [-0.4, -0.2) is 29.7 Å². The molecule has 0 saturated carbocycles. The quantitative estimate of drug-likeness (QED) is 0.493. The van der Waals surface area contributed by atoms with E-state index in [1.54, 1.807) is 49.6 Å². The van der Waals surface area contributed by atoms with Crippen LogP contribution in [0.5, 0.6) is 17.2 Å². The number of sulfonamides is 1. The molecule has 0 aliphatic heterocycles. The van der Waals surface area contributed by atoms with Crippen LogP contribution in [-0.2, 0) is 10.0 Å². The molecule has 3 aromatic rings. The Hall–Kier alpha value is -3.19. The van der Waals surface area contributed by atoms with Gasteiger partial charge in [0.15, 0.2) is 11.5 Å². The number of aryl methyl sites for hydroxylation is 1. The number of hydrogen-bond donors (Lipinski definition) is 0. The van der Waals surface area contributed by atoms with Gasteiger partial charge < -0.3 is 14.2 Å². The summed E-state index contributed by atoms with van der Waals surface area (Å²) >= 11 is 0. The lowest BCUT2D eigenvalue weighted by molar-refractivity contribution is 0.355. The van der Waals surface area contributed by atoms with Gasteiger partial charge in [-0.2, -0.15) is 0 Å². The smallest absolute Gasteiger partial charge is 0.264 e. The van der Waals surface area contributed by atoms with Crippen LogP contribution in [0.2, 0.25) is 0 Å². The molecule has 0 radical (unpaired) electrons. The second-order valence-electron chi connectivity index (χ2n) is 7.11. The van der Waals surface area contributed by atoms with Crippen LogP contribution < -0.4 is 18.5 Å². The molecule has 0 bridgehead atoms. The Morgan fingerprint density at radius 2 is 1.48 bits per heavy atom. The maximum Gasteiger partial charge on any atom is 0.264 e. The Labute approximate surface area is 184 Å². The minimum atomic E-state index is -3.89. The zero-order valence-electron chi connectivity index (χ0n) is 18.3. The van der Waals surface area contributed by atoms with E-state index in [1.807, 2.05) is 38.1 Å². The lowest BCUT2D eigenvalue weighted by Gasteiger charge is -2.31. The van der Waals surface area contributed by atoms with E-state index in [4.69, 9.17) is 14.2 Å². The average Bonchev–Trinajstić information content (AvgIpc) is 2.79. The highest BCUT2D eigenvalue weighted by Gasteiger charge is 2.31. The SMILES string of the molecule is COc1cccc(C(C)N(c2ccc(OC)c(OC)c2)S(=O)(=O)c2ccc(C)cc2)c1. The van der Waals surface area contributed by atoms with Crippen molar-refractivity contribution in [2.24, 2.45) is 0 Å². The predicted octanol–water partition coefficient (Wildman–Crippen LogP) is 4.98. The Bertz CT molecular complexity index is 1140. The summed E-state index contributed by atoms with van der Waals surface area (Å²) in [6, 6.07) is 18.8. The van der Waals surface area contributed by atoms with Crippen molar-refractivity contribution in [2.45, 2.75) is 24.8 Å². The maximum atomic E-state index is 13.8. The van der Waals surface area contributed by atoms with Crippen LogP contribution in [0, 0.1) is 6.92 Å². The molecule has 7 heteroatoms. The summed E-state index contributed by atoms with van der Waals surface area (Å²) in [7, 11) is 0.755. The van der Waals surface area contributed by atoms with E-state index < -0.39 is 16.1 Å². The summed E-state index contributed by atoms with van der Waals surface area (Å²) in [5.41, 5.74) is 2.25. The molecular formula is C24H27NO5S. The first-order valence-corrected chi connectivity index (χ1v) is 11.2. The van der Waals surface area contributed by atoms with Crippen LogP contribution in [0.25, 0.3) is 0 Å². The normalized spacial score (nSPS) is 12.2. The number of nitrogens with zero attached hydrogens (tertiary/aromatic N) is 1. The zero-order chi connectivity index (χ0) is 22.6. The highest BCUT2D eigenvalue weighted by Crippen LogP contribution is 2.38. The summed E-state index contributed by atoms with van der Waals surface area (Å²) in [4.78, 5) is 0.211. The molecule has 0 aromatic heterocycles. The Balaban J connectivity index is 2.19. The minimum Gasteiger partial charge on any atom is -0.497 e. The molecule has 0 amide bonds. The standard InChI is InChI=1S/C24H27NO5S/c1-17-9-12-22(13-10-17)31(26,27)25(18(2)19-7-6-8-21(15-19)28-3)20-11-14-23(29-4)24(16-20)30-5/h6-16,18H,1-5H3. The topological polar surface area (TPSA) is 65.1 Å². The van der Waals surface area contributed by atoms with Crippen molar-refractivity contribution in [3.63, 3.8) is 0 Å². The van der Waals surface area contributed by atoms with Gasteiger partial charge in [-0.1, -0.05) is 29.8 Å². The van der Waals surface area contributed by atoms with E-state index in [0.717, 1.165) is 11.1 Å². The third kappa shape index (κ3) is 4.61. The minimum absolute atomic E-state index is 0.211. The zero-order valence-corrected chi connectivity index (χ0v) is 19.1. The second-order valence-corrected chi connectivity index (χ2v) is 8.92. The van der Waals surface area contributed by atoms with Gasteiger partial charge in [-0.3, -0.25) is 4.31 Å². The maximum absolute atomic E-state index is 13.8. The summed E-state index contributed by atoms with van der Waals surface area (Å²) in [5, 5.41) is 0. The molecule has 1 unspecified atom stereocenters. The highest BCUT2D eigenvalue weighted by atomic mass is 32.2. The van der Waals surface area contributed by atoms with Crippen LogP contribution in [0.3, 0.4) is 0 Å². The van der Waals surface area contributed by atoms with E-state index in [0.29, 0.717) is 22.9 Å². The molecule has 1 atom stereocenters. The number of ether oxygens (including phenoxy) is 3. The molecule has 0 fully saturated rings. The Morgan fingerprint density at radius 3 is 2.10 bits per heavy atom. The Kier molecular flexibility index (Phi) is 6.75. The molecule has 3 rings (SSSR count). The fraction of sp³-hybridized carbons (Fsp3) is 0.250. The fourth-order valence-corrected chi connectivity index (χ4v) is 5.03. The summed E-state index contributed by atoms with van der Waals surface area (Å²) < 4.78 is 45.1. The van der Waals surface area contributed by atoms with Crippen molar-refractivity contribution in [1.82, 2.24) is 0 Å². The first kappa shape index (κ1) is 22.5. The van der Waals surface area contributed by atoms with Gasteiger partial charge in [-0.25, -0.2) is 8.42 Å². The number of benzene rings is 3. The third-order valence-electron chi connectivity index (χ3n) is 5.13. The molecule has 0 N–H and O–H groups in total. The summed E-state index contributed by atoms with van der Waals surface area (Å²) in [6.45, 7) is 3.76. The molecule has 164 valence electrons. The lowest BCUT2D eigenvalue weighted by Crippen LogP contribution is -2.33. The molecule has 6 nitrogen and oxygen atoms in total. The molecule has 0 aliphatic carbocycles. The van der Waals surface area contributed by atoms with Crippen LogP contribution in [0.1, 0.15) is 24.1 Å². The monoisotopic (exact) mass is 441 g/mol. The van der Waals surface area contributed by atoms with Crippen LogP contribution >= 0.6 is 0 Å². The van der Waals surface area contributed by atoms with Gasteiger partial charge in [0, 0.05) is 6.07 Å². The van der Waals surface area contributed by atoms with E-state index >= 15 is 0 Å².